The van der Waals surface area contributed by atoms with Crippen LogP contribution in [0.2, 0.25) is 5.15 Å². The smallest absolute Gasteiger partial charge is 0.319 e. The summed E-state index contributed by atoms with van der Waals surface area (Å²) in [5, 5.41) is 2.40. The lowest BCUT2D eigenvalue weighted by Gasteiger charge is -2.13. The molecule has 2 aromatic heterocycles. The number of carbonyl (C=O) groups excluding carboxylic acids is 1. The zero-order valence-electron chi connectivity index (χ0n) is 23.5. The molecule has 0 atom stereocenters. The number of carbonyl (C=O) groups is 1. The van der Waals surface area contributed by atoms with Crippen molar-refractivity contribution in [2.75, 3.05) is 5.32 Å². The molecule has 210 valence electrons. The summed E-state index contributed by atoms with van der Waals surface area (Å²) in [6, 6.07) is 17.2. The van der Waals surface area contributed by atoms with E-state index < -0.39 is 11.2 Å². The summed E-state index contributed by atoms with van der Waals surface area (Å²) >= 11 is 6.44. The van der Waals surface area contributed by atoms with Gasteiger partial charge in [0, 0.05) is 30.8 Å². The van der Waals surface area contributed by atoms with E-state index in [-0.39, 0.29) is 35.3 Å². The molecule has 0 saturated carbocycles. The maximum absolute atomic E-state index is 12.8. The highest BCUT2D eigenvalue weighted by Crippen LogP contribution is 2.16. The van der Waals surface area contributed by atoms with Crippen LogP contribution in [0.5, 0.6) is 0 Å². The first kappa shape index (κ1) is 29.4. The maximum Gasteiger partial charge on any atom is 0.332 e. The third-order valence-electron chi connectivity index (χ3n) is 6.93. The number of amides is 1. The molecule has 1 N–H and O–H groups in total. The first-order valence-electron chi connectivity index (χ1n) is 13.1. The molecule has 0 fully saturated rings. The Morgan fingerprint density at radius 2 is 1.68 bits per heavy atom. The van der Waals surface area contributed by atoms with Gasteiger partial charge in [0.05, 0.1) is 13.1 Å². The van der Waals surface area contributed by atoms with Gasteiger partial charge in [0.15, 0.2) is 0 Å². The lowest BCUT2D eigenvalue weighted by Crippen LogP contribution is -2.40. The van der Waals surface area contributed by atoms with Crippen LogP contribution in [-0.2, 0) is 31.4 Å². The van der Waals surface area contributed by atoms with Gasteiger partial charge in [-0.3, -0.25) is 23.5 Å². The molecule has 1 amide bonds. The van der Waals surface area contributed by atoms with Gasteiger partial charge in [0.1, 0.15) is 10.8 Å². The first-order chi connectivity index (χ1) is 19.5. The summed E-state index contributed by atoms with van der Waals surface area (Å²) in [5.74, 6) is 5.56. The van der Waals surface area contributed by atoms with Gasteiger partial charge in [-0.2, -0.15) is 0 Å². The molecule has 9 heteroatoms. The molecule has 0 aliphatic heterocycles. The Balaban J connectivity index is 1.51. The topological polar surface area (TPSA) is 95.1 Å². The predicted molar refractivity (Wildman–Crippen MR) is 162 cm³/mol. The normalized spacial score (nSPS) is 10.7. The largest absolute Gasteiger partial charge is 0.332 e. The number of hydrogen-bond donors (Lipinski definition) is 1. The van der Waals surface area contributed by atoms with E-state index in [1.807, 2.05) is 75.4 Å². The van der Waals surface area contributed by atoms with Gasteiger partial charge in [-0.1, -0.05) is 65.4 Å². The molecule has 0 radical (unpaired) electrons. The molecule has 41 heavy (non-hydrogen) atoms. The number of anilines is 1. The van der Waals surface area contributed by atoms with Crippen LogP contribution in [0.4, 0.5) is 5.69 Å². The second-order valence-electron chi connectivity index (χ2n) is 9.99. The van der Waals surface area contributed by atoms with E-state index in [0.29, 0.717) is 24.1 Å². The van der Waals surface area contributed by atoms with E-state index >= 15 is 0 Å². The fraction of sp³-hybridized carbons (Fsp3) is 0.250. The molecule has 4 rings (SSSR count). The average molecular weight is 571 g/mol. The number of rotatable bonds is 7. The minimum absolute atomic E-state index is 0.0387. The van der Waals surface area contributed by atoms with Crippen LogP contribution in [-0.4, -0.2) is 19.6 Å². The molecule has 0 saturated heterocycles. The molecule has 2 heterocycles. The quantitative estimate of drug-likeness (QED) is 0.269. The van der Waals surface area contributed by atoms with Crippen LogP contribution in [0.15, 0.2) is 75.2 Å². The van der Waals surface area contributed by atoms with Crippen molar-refractivity contribution >= 4 is 23.2 Å². The molecule has 8 nitrogen and oxygen atoms in total. The number of nitrogens with one attached hydrogen (secondary N) is 1. The van der Waals surface area contributed by atoms with Crippen molar-refractivity contribution in [1.82, 2.24) is 13.7 Å². The third-order valence-corrected chi connectivity index (χ3v) is 7.33. The van der Waals surface area contributed by atoms with Crippen molar-refractivity contribution in [3.05, 3.63) is 131 Å². The van der Waals surface area contributed by atoms with Crippen LogP contribution in [0.1, 0.15) is 39.8 Å². The van der Waals surface area contributed by atoms with Crippen LogP contribution in [0.3, 0.4) is 0 Å². The monoisotopic (exact) mass is 570 g/mol. The molecule has 0 unspecified atom stereocenters. The van der Waals surface area contributed by atoms with Crippen molar-refractivity contribution in [2.24, 2.45) is 7.05 Å². The molecular weight excluding hydrogens is 540 g/mol. The van der Waals surface area contributed by atoms with Crippen molar-refractivity contribution in [3.63, 3.8) is 0 Å². The summed E-state index contributed by atoms with van der Waals surface area (Å²) in [4.78, 5) is 50.7. The zero-order chi connectivity index (χ0) is 29.7. The number of benzene rings is 2. The highest BCUT2D eigenvalue weighted by atomic mass is 35.5. The molecule has 2 aromatic carbocycles. The van der Waals surface area contributed by atoms with Gasteiger partial charge < -0.3 is 9.88 Å². The number of pyridine rings is 1. The minimum atomic E-state index is -0.692. The maximum atomic E-state index is 12.8. The van der Waals surface area contributed by atoms with Crippen LogP contribution in [0.25, 0.3) is 0 Å². The van der Waals surface area contributed by atoms with Gasteiger partial charge >= 0.3 is 5.69 Å². The zero-order valence-corrected chi connectivity index (χ0v) is 24.2. The number of nitrogens with zero attached hydrogens (tertiary/aromatic N) is 3. The number of aromatic nitrogens is 3. The Labute approximate surface area is 242 Å². The second-order valence-corrected chi connectivity index (χ2v) is 10.3. The van der Waals surface area contributed by atoms with Crippen LogP contribution < -0.4 is 22.1 Å². The fourth-order valence-electron chi connectivity index (χ4n) is 4.27. The molecule has 0 aliphatic rings. The second kappa shape index (κ2) is 12.7. The number of hydrogen-bond acceptors (Lipinski definition) is 4. The summed E-state index contributed by atoms with van der Waals surface area (Å²) in [7, 11) is 1.32. The van der Waals surface area contributed by atoms with Gasteiger partial charge in [-0.15, -0.1) is 0 Å². The highest BCUT2D eigenvalue weighted by molar-refractivity contribution is 6.32. The van der Waals surface area contributed by atoms with Crippen molar-refractivity contribution in [1.29, 1.82) is 0 Å². The van der Waals surface area contributed by atoms with Gasteiger partial charge in [0.25, 0.3) is 11.1 Å². The Morgan fingerprint density at radius 1 is 0.951 bits per heavy atom. The van der Waals surface area contributed by atoms with Crippen molar-refractivity contribution in [3.8, 4) is 11.8 Å². The standard InChI is InChI=1S/C32H31ClN4O4/c1-21-10-12-24(13-11-21)14-15-27(38)34-28-29(33)37(32(41)35(4)31(28)40)17-6-9-25-7-5-8-26(19-25)20-36-18-16-22(2)23(3)30(36)39/h5,7-8,10-13,16,18-19H,14-15,17,20H2,1-4H3,(H,34,38). The van der Waals surface area contributed by atoms with Gasteiger partial charge in [-0.05, 0) is 62.1 Å². The summed E-state index contributed by atoms with van der Waals surface area (Å²) in [6.45, 7) is 6.00. The highest BCUT2D eigenvalue weighted by Gasteiger charge is 2.18. The Hall–Kier alpha value is -4.61. The van der Waals surface area contributed by atoms with E-state index in [2.05, 4.69) is 17.2 Å². The summed E-state index contributed by atoms with van der Waals surface area (Å²) < 4.78 is 3.68. The lowest BCUT2D eigenvalue weighted by molar-refractivity contribution is -0.116. The lowest BCUT2D eigenvalue weighted by atomic mass is 10.1. The Morgan fingerprint density at radius 3 is 2.41 bits per heavy atom. The Bertz CT molecular complexity index is 1850. The summed E-state index contributed by atoms with van der Waals surface area (Å²) in [6.07, 6.45) is 2.41. The summed E-state index contributed by atoms with van der Waals surface area (Å²) in [5.41, 5.74) is 3.84. The van der Waals surface area contributed by atoms with Gasteiger partial charge in [0.2, 0.25) is 5.91 Å². The number of aryl methyl sites for hydroxylation is 3. The van der Waals surface area contributed by atoms with Crippen LogP contribution >= 0.6 is 11.6 Å². The molecule has 0 spiro atoms. The number of halogens is 1. The van der Waals surface area contributed by atoms with E-state index in [4.69, 9.17) is 11.6 Å². The van der Waals surface area contributed by atoms with E-state index in [0.717, 1.165) is 31.4 Å². The van der Waals surface area contributed by atoms with Crippen molar-refractivity contribution < 1.29 is 4.79 Å². The fourth-order valence-corrected chi connectivity index (χ4v) is 4.53. The van der Waals surface area contributed by atoms with Crippen molar-refractivity contribution in [2.45, 2.75) is 46.7 Å². The molecule has 0 aliphatic carbocycles. The minimum Gasteiger partial charge on any atom is -0.319 e. The van der Waals surface area contributed by atoms with Crippen LogP contribution in [0, 0.1) is 32.6 Å². The Kier molecular flexibility index (Phi) is 9.10. The third kappa shape index (κ3) is 6.94. The molecule has 4 aromatic rings. The SMILES string of the molecule is Cc1ccc(CCC(=O)Nc2c(Cl)n(CC#Cc3cccc(Cn4ccc(C)c(C)c4=O)c3)c(=O)n(C)c2=O)cc1. The molecular formula is C32H31ClN4O4. The van der Waals surface area contributed by atoms with E-state index in [9.17, 15) is 19.2 Å². The van der Waals surface area contributed by atoms with E-state index in [1.54, 1.807) is 10.8 Å². The van der Waals surface area contributed by atoms with Gasteiger partial charge in [-0.25, -0.2) is 4.79 Å². The van der Waals surface area contributed by atoms with E-state index in [1.165, 1.54) is 7.05 Å². The molecule has 0 bridgehead atoms. The average Bonchev–Trinajstić information content (AvgIpc) is 2.96. The first-order valence-corrected chi connectivity index (χ1v) is 13.5. The predicted octanol–water partition coefficient (Wildman–Crippen LogP) is 3.96.